The first kappa shape index (κ1) is 15.4. The van der Waals surface area contributed by atoms with Crippen molar-refractivity contribution in [2.24, 2.45) is 5.41 Å². The van der Waals surface area contributed by atoms with E-state index in [-0.39, 0.29) is 0 Å². The highest BCUT2D eigenvalue weighted by Gasteiger charge is 2.08. The van der Waals surface area contributed by atoms with Crippen LogP contribution in [0.5, 0.6) is 0 Å². The fraction of sp³-hybridized carbons (Fsp3) is 0.714. The molecule has 0 saturated heterocycles. The second-order valence-corrected chi connectivity index (χ2v) is 6.90. The van der Waals surface area contributed by atoms with Gasteiger partial charge < -0.3 is 5.32 Å². The normalized spacial score (nSPS) is 11.8. The van der Waals surface area contributed by atoms with Gasteiger partial charge in [0.05, 0.1) is 0 Å². The molecule has 0 fully saturated rings. The number of hydrogen-bond donors (Lipinski definition) is 1. The Hall–Kier alpha value is -0.610. The Morgan fingerprint density at radius 2 is 1.72 bits per heavy atom. The minimum Gasteiger partial charge on any atom is -0.316 e. The van der Waals surface area contributed by atoms with Crippen LogP contribution in [-0.2, 0) is 0 Å². The Balaban J connectivity index is 2.18. The maximum atomic E-state index is 4.42. The zero-order chi connectivity index (χ0) is 13.6. The molecule has 0 aromatic carbocycles. The third-order valence-corrected chi connectivity index (χ3v) is 3.37. The molecule has 0 unspecified atom stereocenters. The summed E-state index contributed by atoms with van der Waals surface area (Å²) >= 11 is 1.72. The molecule has 0 amide bonds. The molecule has 1 heterocycles. The van der Waals surface area contributed by atoms with E-state index in [1.54, 1.807) is 11.8 Å². The van der Waals surface area contributed by atoms with Gasteiger partial charge >= 0.3 is 0 Å². The van der Waals surface area contributed by atoms with Crippen LogP contribution < -0.4 is 5.32 Å². The van der Waals surface area contributed by atoms with Crippen LogP contribution in [-0.4, -0.2) is 28.8 Å². The SMILES string of the molecule is Cc1cc(C)nc(SCCNCCC(C)(C)C)n1. The lowest BCUT2D eigenvalue weighted by molar-refractivity contribution is 0.369. The maximum Gasteiger partial charge on any atom is 0.188 e. The summed E-state index contributed by atoms with van der Waals surface area (Å²) < 4.78 is 0. The predicted molar refractivity (Wildman–Crippen MR) is 79.2 cm³/mol. The third kappa shape index (κ3) is 6.97. The Kier molecular flexibility index (Phi) is 6.09. The van der Waals surface area contributed by atoms with Crippen LogP contribution in [0.3, 0.4) is 0 Å². The van der Waals surface area contributed by atoms with Crippen molar-refractivity contribution < 1.29 is 0 Å². The van der Waals surface area contributed by atoms with Crippen molar-refractivity contribution in [3.8, 4) is 0 Å². The number of nitrogens with zero attached hydrogens (tertiary/aromatic N) is 2. The zero-order valence-electron chi connectivity index (χ0n) is 12.2. The van der Waals surface area contributed by atoms with Crippen molar-refractivity contribution in [3.63, 3.8) is 0 Å². The first-order chi connectivity index (χ1) is 8.37. The standard InChI is InChI=1S/C14H25N3S/c1-11-10-12(2)17-13(16-11)18-9-8-15-7-6-14(3,4)5/h10,15H,6-9H2,1-5H3. The van der Waals surface area contributed by atoms with Crippen LogP contribution in [0.25, 0.3) is 0 Å². The number of aryl methyl sites for hydroxylation is 2. The molecule has 0 aliphatic heterocycles. The Morgan fingerprint density at radius 3 is 2.28 bits per heavy atom. The number of hydrogen-bond acceptors (Lipinski definition) is 4. The lowest BCUT2D eigenvalue weighted by atomic mass is 9.92. The molecule has 18 heavy (non-hydrogen) atoms. The molecular formula is C14H25N3S. The van der Waals surface area contributed by atoms with Gasteiger partial charge in [-0.15, -0.1) is 0 Å². The van der Waals surface area contributed by atoms with Gasteiger partial charge in [0.1, 0.15) is 0 Å². The molecule has 1 aromatic rings. The fourth-order valence-electron chi connectivity index (χ4n) is 1.56. The monoisotopic (exact) mass is 267 g/mol. The van der Waals surface area contributed by atoms with Crippen molar-refractivity contribution >= 4 is 11.8 Å². The highest BCUT2D eigenvalue weighted by atomic mass is 32.2. The second-order valence-electron chi connectivity index (χ2n) is 5.84. The van der Waals surface area contributed by atoms with Crippen molar-refractivity contribution in [1.82, 2.24) is 15.3 Å². The van der Waals surface area contributed by atoms with Gasteiger partial charge in [-0.2, -0.15) is 0 Å². The Labute approximate surface area is 115 Å². The molecule has 0 aliphatic carbocycles. The van der Waals surface area contributed by atoms with Gasteiger partial charge in [-0.3, -0.25) is 0 Å². The number of thioether (sulfide) groups is 1. The number of rotatable bonds is 6. The molecule has 0 bridgehead atoms. The summed E-state index contributed by atoms with van der Waals surface area (Å²) in [4.78, 5) is 8.83. The van der Waals surface area contributed by atoms with Gasteiger partial charge in [0, 0.05) is 23.7 Å². The van der Waals surface area contributed by atoms with Crippen LogP contribution >= 0.6 is 11.8 Å². The van der Waals surface area contributed by atoms with E-state index in [4.69, 9.17) is 0 Å². The van der Waals surface area contributed by atoms with Crippen molar-refractivity contribution in [2.45, 2.75) is 46.2 Å². The molecule has 1 N–H and O–H groups in total. The predicted octanol–water partition coefficient (Wildman–Crippen LogP) is 3.21. The highest BCUT2D eigenvalue weighted by Crippen LogP contribution is 2.17. The molecule has 0 aliphatic rings. The molecule has 0 spiro atoms. The summed E-state index contributed by atoms with van der Waals surface area (Å²) in [5, 5.41) is 4.36. The van der Waals surface area contributed by atoms with E-state index >= 15 is 0 Å². The summed E-state index contributed by atoms with van der Waals surface area (Å²) in [6, 6.07) is 2.01. The van der Waals surface area contributed by atoms with E-state index in [1.165, 1.54) is 6.42 Å². The lowest BCUT2D eigenvalue weighted by Gasteiger charge is -2.17. The first-order valence-corrected chi connectivity index (χ1v) is 7.51. The Bertz CT molecular complexity index is 352. The molecule has 0 saturated carbocycles. The average molecular weight is 267 g/mol. The summed E-state index contributed by atoms with van der Waals surface area (Å²) in [6.07, 6.45) is 1.21. The van der Waals surface area contributed by atoms with Gasteiger partial charge in [0.25, 0.3) is 0 Å². The molecule has 4 heteroatoms. The smallest absolute Gasteiger partial charge is 0.188 e. The first-order valence-electron chi connectivity index (χ1n) is 6.53. The summed E-state index contributed by atoms with van der Waals surface area (Å²) in [7, 11) is 0. The highest BCUT2D eigenvalue weighted by molar-refractivity contribution is 7.99. The summed E-state index contributed by atoms with van der Waals surface area (Å²) in [5.41, 5.74) is 2.51. The largest absolute Gasteiger partial charge is 0.316 e. The summed E-state index contributed by atoms with van der Waals surface area (Å²) in [5.74, 6) is 1.02. The van der Waals surface area contributed by atoms with E-state index in [2.05, 4.69) is 36.1 Å². The molecule has 0 radical (unpaired) electrons. The van der Waals surface area contributed by atoms with Gasteiger partial charge in [-0.1, -0.05) is 32.5 Å². The van der Waals surface area contributed by atoms with Crippen LogP contribution in [0.15, 0.2) is 11.2 Å². The fourth-order valence-corrected chi connectivity index (χ4v) is 2.41. The average Bonchev–Trinajstić information content (AvgIpc) is 2.20. The third-order valence-electron chi connectivity index (χ3n) is 2.52. The van der Waals surface area contributed by atoms with E-state index < -0.39 is 0 Å². The van der Waals surface area contributed by atoms with Crippen molar-refractivity contribution in [1.29, 1.82) is 0 Å². The Morgan fingerprint density at radius 1 is 1.11 bits per heavy atom. The maximum absolute atomic E-state index is 4.42. The van der Waals surface area contributed by atoms with Crippen LogP contribution in [0, 0.1) is 19.3 Å². The van der Waals surface area contributed by atoms with Gasteiger partial charge in [-0.05, 0) is 38.3 Å². The quantitative estimate of drug-likeness (QED) is 0.488. The molecule has 102 valence electrons. The van der Waals surface area contributed by atoms with E-state index in [0.29, 0.717) is 5.41 Å². The molecule has 0 atom stereocenters. The molecular weight excluding hydrogens is 242 g/mol. The summed E-state index contributed by atoms with van der Waals surface area (Å²) in [6.45, 7) is 12.9. The van der Waals surface area contributed by atoms with Crippen molar-refractivity contribution in [2.75, 3.05) is 18.8 Å². The van der Waals surface area contributed by atoms with E-state index in [1.807, 2.05) is 19.9 Å². The minimum atomic E-state index is 0.414. The van der Waals surface area contributed by atoms with Crippen LogP contribution in [0.4, 0.5) is 0 Å². The van der Waals surface area contributed by atoms with Crippen LogP contribution in [0.1, 0.15) is 38.6 Å². The molecule has 1 aromatic heterocycles. The number of nitrogens with one attached hydrogen (secondary N) is 1. The van der Waals surface area contributed by atoms with Gasteiger partial charge in [0.15, 0.2) is 5.16 Å². The van der Waals surface area contributed by atoms with E-state index in [0.717, 1.165) is 35.4 Å². The van der Waals surface area contributed by atoms with Crippen molar-refractivity contribution in [3.05, 3.63) is 17.5 Å². The minimum absolute atomic E-state index is 0.414. The van der Waals surface area contributed by atoms with Gasteiger partial charge in [-0.25, -0.2) is 9.97 Å². The lowest BCUT2D eigenvalue weighted by Crippen LogP contribution is -2.22. The van der Waals surface area contributed by atoms with Gasteiger partial charge in [0.2, 0.25) is 0 Å². The number of aromatic nitrogens is 2. The van der Waals surface area contributed by atoms with Crippen LogP contribution in [0.2, 0.25) is 0 Å². The second kappa shape index (κ2) is 7.10. The topological polar surface area (TPSA) is 37.8 Å². The molecule has 3 nitrogen and oxygen atoms in total. The molecule has 1 rings (SSSR count). The van der Waals surface area contributed by atoms with E-state index in [9.17, 15) is 0 Å². The zero-order valence-corrected chi connectivity index (χ0v) is 13.0.